The van der Waals surface area contributed by atoms with Crippen LogP contribution in [0.3, 0.4) is 0 Å². The molecule has 6 nitrogen and oxygen atoms in total. The molecule has 0 spiro atoms. The van der Waals surface area contributed by atoms with Gasteiger partial charge >= 0.3 is 6.18 Å². The predicted octanol–water partition coefficient (Wildman–Crippen LogP) is 3.73. The van der Waals surface area contributed by atoms with Crippen LogP contribution in [-0.4, -0.2) is 56.3 Å². The molecule has 2 saturated heterocycles. The highest BCUT2D eigenvalue weighted by Gasteiger charge is 2.30. The first-order valence-electron chi connectivity index (χ1n) is 10.9. The van der Waals surface area contributed by atoms with Gasteiger partial charge in [0.2, 0.25) is 15.9 Å². The molecule has 33 heavy (non-hydrogen) atoms. The monoisotopic (exact) mass is 481 g/mol. The van der Waals surface area contributed by atoms with Crippen LogP contribution < -0.4 is 4.90 Å². The standard InChI is InChI=1S/C23H26F3N3O3S/c24-23(25,26)19-6-4-18(5-7-19)17-27-12-2-13-28(16-15-27)33(31,32)21-10-8-20(9-11-21)29-14-1-3-22(29)30/h4-11H,1-3,12-17H2. The summed E-state index contributed by atoms with van der Waals surface area (Å²) in [7, 11) is -3.68. The number of hydrogen-bond donors (Lipinski definition) is 0. The van der Waals surface area contributed by atoms with Crippen LogP contribution in [0.15, 0.2) is 53.4 Å². The first-order valence-corrected chi connectivity index (χ1v) is 12.4. The highest BCUT2D eigenvalue weighted by Crippen LogP contribution is 2.29. The fourth-order valence-corrected chi connectivity index (χ4v) is 5.74. The van der Waals surface area contributed by atoms with E-state index in [1.807, 2.05) is 0 Å². The molecule has 0 aromatic heterocycles. The molecule has 2 aromatic rings. The summed E-state index contributed by atoms with van der Waals surface area (Å²) in [5.41, 5.74) is 0.779. The van der Waals surface area contributed by atoms with Crippen molar-refractivity contribution in [2.75, 3.05) is 37.6 Å². The van der Waals surface area contributed by atoms with E-state index in [1.54, 1.807) is 29.2 Å². The van der Waals surface area contributed by atoms with Crippen LogP contribution in [-0.2, 0) is 27.5 Å². The summed E-state index contributed by atoms with van der Waals surface area (Å²) < 4.78 is 66.0. The molecule has 2 fully saturated rings. The smallest absolute Gasteiger partial charge is 0.312 e. The number of sulfonamides is 1. The Morgan fingerprint density at radius 3 is 2.12 bits per heavy atom. The van der Waals surface area contributed by atoms with Gasteiger partial charge in [-0.05, 0) is 61.3 Å². The van der Waals surface area contributed by atoms with Crippen LogP contribution in [0.1, 0.15) is 30.4 Å². The van der Waals surface area contributed by atoms with Gasteiger partial charge in [0.1, 0.15) is 0 Å². The molecule has 0 radical (unpaired) electrons. The molecule has 2 aliphatic heterocycles. The van der Waals surface area contributed by atoms with Gasteiger partial charge < -0.3 is 4.90 Å². The predicted molar refractivity (Wildman–Crippen MR) is 118 cm³/mol. The molecule has 0 atom stereocenters. The highest BCUT2D eigenvalue weighted by molar-refractivity contribution is 7.89. The quantitative estimate of drug-likeness (QED) is 0.653. The number of anilines is 1. The molecule has 2 aromatic carbocycles. The number of rotatable bonds is 5. The molecule has 4 rings (SSSR count). The topological polar surface area (TPSA) is 60.9 Å². The molecular formula is C23H26F3N3O3S. The number of alkyl halides is 3. The maximum atomic E-state index is 13.2. The normalized spacial score (nSPS) is 19.1. The van der Waals surface area contributed by atoms with Crippen molar-refractivity contribution in [1.82, 2.24) is 9.21 Å². The van der Waals surface area contributed by atoms with Crippen molar-refractivity contribution < 1.29 is 26.4 Å². The Morgan fingerprint density at radius 2 is 1.52 bits per heavy atom. The van der Waals surface area contributed by atoms with E-state index in [0.717, 1.165) is 24.1 Å². The second-order valence-electron chi connectivity index (χ2n) is 8.37. The molecular weight excluding hydrogens is 455 g/mol. The third-order valence-electron chi connectivity index (χ3n) is 6.09. The van der Waals surface area contributed by atoms with Crippen LogP contribution >= 0.6 is 0 Å². The number of benzene rings is 2. The lowest BCUT2D eigenvalue weighted by atomic mass is 10.1. The minimum absolute atomic E-state index is 0.0475. The van der Waals surface area contributed by atoms with Gasteiger partial charge in [-0.3, -0.25) is 9.69 Å². The molecule has 0 saturated carbocycles. The Balaban J connectivity index is 1.39. The third-order valence-corrected chi connectivity index (χ3v) is 8.01. The largest absolute Gasteiger partial charge is 0.416 e. The van der Waals surface area contributed by atoms with E-state index in [4.69, 9.17) is 0 Å². The van der Waals surface area contributed by atoms with E-state index < -0.39 is 21.8 Å². The van der Waals surface area contributed by atoms with Gasteiger partial charge in [0.15, 0.2) is 0 Å². The van der Waals surface area contributed by atoms with Gasteiger partial charge in [0.05, 0.1) is 10.5 Å². The zero-order valence-electron chi connectivity index (χ0n) is 18.1. The molecule has 2 heterocycles. The number of hydrogen-bond acceptors (Lipinski definition) is 4. The average Bonchev–Trinajstić information content (AvgIpc) is 3.06. The summed E-state index contributed by atoms with van der Waals surface area (Å²) in [5.74, 6) is 0.0475. The van der Waals surface area contributed by atoms with Crippen LogP contribution in [0.25, 0.3) is 0 Å². The summed E-state index contributed by atoms with van der Waals surface area (Å²) in [5, 5.41) is 0. The second-order valence-corrected chi connectivity index (χ2v) is 10.3. The van der Waals surface area contributed by atoms with Crippen molar-refractivity contribution >= 4 is 21.6 Å². The SMILES string of the molecule is O=C1CCCN1c1ccc(S(=O)(=O)N2CCCN(Cc3ccc(C(F)(F)F)cc3)CC2)cc1. The molecule has 0 N–H and O–H groups in total. The lowest BCUT2D eigenvalue weighted by molar-refractivity contribution is -0.137. The van der Waals surface area contributed by atoms with Gasteiger partial charge in [-0.1, -0.05) is 12.1 Å². The van der Waals surface area contributed by atoms with Gasteiger partial charge in [-0.2, -0.15) is 17.5 Å². The van der Waals surface area contributed by atoms with E-state index in [9.17, 15) is 26.4 Å². The van der Waals surface area contributed by atoms with Crippen molar-refractivity contribution in [2.45, 2.75) is 36.9 Å². The lowest BCUT2D eigenvalue weighted by Crippen LogP contribution is -2.35. The van der Waals surface area contributed by atoms with E-state index in [0.29, 0.717) is 57.8 Å². The number of amides is 1. The summed E-state index contributed by atoms with van der Waals surface area (Å²) >= 11 is 0. The molecule has 178 valence electrons. The molecule has 0 bridgehead atoms. The number of carbonyl (C=O) groups is 1. The second kappa shape index (κ2) is 9.44. The minimum Gasteiger partial charge on any atom is -0.312 e. The van der Waals surface area contributed by atoms with Crippen molar-refractivity contribution in [3.63, 3.8) is 0 Å². The minimum atomic E-state index is -4.36. The fraction of sp³-hybridized carbons (Fsp3) is 0.435. The van der Waals surface area contributed by atoms with E-state index >= 15 is 0 Å². The highest BCUT2D eigenvalue weighted by atomic mass is 32.2. The average molecular weight is 482 g/mol. The Labute approximate surface area is 191 Å². The molecule has 1 amide bonds. The number of nitrogens with zero attached hydrogens (tertiary/aromatic N) is 3. The van der Waals surface area contributed by atoms with Crippen LogP contribution in [0, 0.1) is 0 Å². The van der Waals surface area contributed by atoms with Crippen LogP contribution in [0.2, 0.25) is 0 Å². The van der Waals surface area contributed by atoms with E-state index in [2.05, 4.69) is 4.90 Å². The first-order chi connectivity index (χ1) is 15.6. The summed E-state index contributed by atoms with van der Waals surface area (Å²) in [6.45, 7) is 2.92. The maximum absolute atomic E-state index is 13.2. The van der Waals surface area contributed by atoms with E-state index in [1.165, 1.54) is 16.4 Å². The fourth-order valence-electron chi connectivity index (χ4n) is 4.27. The number of carbonyl (C=O) groups excluding carboxylic acids is 1. The molecule has 0 unspecified atom stereocenters. The Kier molecular flexibility index (Phi) is 6.78. The van der Waals surface area contributed by atoms with Crippen molar-refractivity contribution in [2.24, 2.45) is 0 Å². The summed E-state index contributed by atoms with van der Waals surface area (Å²) in [6.07, 6.45) is -2.43. The summed E-state index contributed by atoms with van der Waals surface area (Å²) in [4.78, 5) is 15.8. The van der Waals surface area contributed by atoms with Crippen molar-refractivity contribution in [3.8, 4) is 0 Å². The summed E-state index contributed by atoms with van der Waals surface area (Å²) in [6, 6.07) is 11.5. The maximum Gasteiger partial charge on any atom is 0.416 e. The van der Waals surface area contributed by atoms with Crippen molar-refractivity contribution in [3.05, 3.63) is 59.7 Å². The Bertz CT molecular complexity index is 1090. The lowest BCUT2D eigenvalue weighted by Gasteiger charge is -2.22. The van der Waals surface area contributed by atoms with Gasteiger partial charge in [0, 0.05) is 44.8 Å². The van der Waals surface area contributed by atoms with Crippen LogP contribution in [0.5, 0.6) is 0 Å². The number of halogens is 3. The molecule has 2 aliphatic rings. The van der Waals surface area contributed by atoms with Crippen molar-refractivity contribution in [1.29, 1.82) is 0 Å². The zero-order valence-corrected chi connectivity index (χ0v) is 18.9. The Hall–Kier alpha value is -2.43. The zero-order chi connectivity index (χ0) is 23.6. The van der Waals surface area contributed by atoms with Crippen LogP contribution in [0.4, 0.5) is 18.9 Å². The van der Waals surface area contributed by atoms with Gasteiger partial charge in [-0.15, -0.1) is 0 Å². The van der Waals surface area contributed by atoms with Gasteiger partial charge in [-0.25, -0.2) is 8.42 Å². The van der Waals surface area contributed by atoms with E-state index in [-0.39, 0.29) is 10.8 Å². The first kappa shape index (κ1) is 23.7. The Morgan fingerprint density at radius 1 is 0.818 bits per heavy atom. The molecule has 10 heteroatoms. The van der Waals surface area contributed by atoms with Gasteiger partial charge in [0.25, 0.3) is 0 Å². The third kappa shape index (κ3) is 5.39. The molecule has 0 aliphatic carbocycles.